The van der Waals surface area contributed by atoms with Gasteiger partial charge in [0.25, 0.3) is 0 Å². The number of aliphatic imine (C=N–C) groups is 4. The summed E-state index contributed by atoms with van der Waals surface area (Å²) >= 11 is 0. The molecular weight excluding hydrogens is 204 g/mol. The molecule has 2 aliphatic heterocycles. The molecular formula is C10H16N6. The minimum absolute atomic E-state index is 0.216. The van der Waals surface area contributed by atoms with Crippen LogP contribution in [0.1, 0.15) is 26.2 Å². The summed E-state index contributed by atoms with van der Waals surface area (Å²) in [6.45, 7) is 2.96. The second kappa shape index (κ2) is 4.87. The van der Waals surface area contributed by atoms with Crippen LogP contribution >= 0.6 is 0 Å². The number of unbranched alkanes of at least 4 members (excludes halogenated alkanes) is 2. The topological polar surface area (TPSA) is 87.5 Å². The van der Waals surface area contributed by atoms with Crippen molar-refractivity contribution in [3.8, 4) is 0 Å². The van der Waals surface area contributed by atoms with E-state index in [4.69, 9.17) is 5.73 Å². The molecule has 0 radical (unpaired) electrons. The number of fused-ring (bicyclic) bond motifs is 1. The highest BCUT2D eigenvalue weighted by Gasteiger charge is 2.29. The number of rotatable bonds is 4. The lowest BCUT2D eigenvalue weighted by Crippen LogP contribution is -2.37. The van der Waals surface area contributed by atoms with Gasteiger partial charge in [-0.2, -0.15) is 0 Å². The maximum absolute atomic E-state index is 5.58. The average Bonchev–Trinajstić information content (AvgIpc) is 2.65. The third-order valence-electron chi connectivity index (χ3n) is 2.45. The molecule has 0 aromatic carbocycles. The smallest absolute Gasteiger partial charge is 0.195 e. The molecule has 1 unspecified atom stereocenters. The molecule has 2 heterocycles. The van der Waals surface area contributed by atoms with Crippen LogP contribution < -0.4 is 11.1 Å². The first-order chi connectivity index (χ1) is 7.81. The Hall–Kier alpha value is -1.72. The van der Waals surface area contributed by atoms with Gasteiger partial charge in [-0.1, -0.05) is 19.8 Å². The van der Waals surface area contributed by atoms with Crippen LogP contribution in [0.15, 0.2) is 20.0 Å². The van der Waals surface area contributed by atoms with E-state index in [2.05, 4.69) is 32.2 Å². The molecule has 0 bridgehead atoms. The van der Waals surface area contributed by atoms with Crippen LogP contribution in [-0.4, -0.2) is 36.6 Å². The SMILES string of the molecule is CCCCCN=C1N=CN=C2NC(N)=NC12. The molecule has 0 aromatic heterocycles. The molecule has 3 N–H and O–H groups in total. The highest BCUT2D eigenvalue weighted by atomic mass is 15.3. The van der Waals surface area contributed by atoms with Crippen LogP contribution in [0.5, 0.6) is 0 Å². The van der Waals surface area contributed by atoms with Crippen LogP contribution in [0, 0.1) is 0 Å². The highest BCUT2D eigenvalue weighted by Crippen LogP contribution is 2.08. The minimum atomic E-state index is -0.216. The largest absolute Gasteiger partial charge is 0.370 e. The molecule has 1 atom stereocenters. The Bertz CT molecular complexity index is 379. The van der Waals surface area contributed by atoms with Gasteiger partial charge in [0.2, 0.25) is 0 Å². The minimum Gasteiger partial charge on any atom is -0.370 e. The molecule has 6 heteroatoms. The number of hydrogen-bond donors (Lipinski definition) is 2. The molecule has 0 saturated carbocycles. The van der Waals surface area contributed by atoms with E-state index >= 15 is 0 Å². The standard InChI is InChI=1S/C10H16N6/c1-2-3-4-5-12-8-7-9(14-6-13-8)16-10(11)15-7/h6-7H,2-5H2,1H3,(H3,11,12,13,14,15,16). The molecule has 0 amide bonds. The quantitative estimate of drug-likeness (QED) is 0.667. The van der Waals surface area contributed by atoms with E-state index in [1.54, 1.807) is 0 Å². The zero-order valence-electron chi connectivity index (χ0n) is 9.35. The lowest BCUT2D eigenvalue weighted by atomic mass is 10.2. The van der Waals surface area contributed by atoms with Gasteiger partial charge in [0.05, 0.1) is 0 Å². The lowest BCUT2D eigenvalue weighted by molar-refractivity contribution is 0.726. The van der Waals surface area contributed by atoms with Crippen molar-refractivity contribution in [1.29, 1.82) is 0 Å². The van der Waals surface area contributed by atoms with E-state index in [1.165, 1.54) is 19.2 Å². The third kappa shape index (κ3) is 2.26. The van der Waals surface area contributed by atoms with Gasteiger partial charge in [-0.15, -0.1) is 0 Å². The Balaban J connectivity index is 2.00. The molecule has 0 aromatic rings. The van der Waals surface area contributed by atoms with Crippen molar-refractivity contribution in [2.24, 2.45) is 25.7 Å². The van der Waals surface area contributed by atoms with Crippen molar-refractivity contribution >= 4 is 24.0 Å². The number of guanidine groups is 1. The normalized spacial score (nSPS) is 25.1. The van der Waals surface area contributed by atoms with Crippen molar-refractivity contribution in [3.05, 3.63) is 0 Å². The molecule has 86 valence electrons. The second-order valence-electron chi connectivity index (χ2n) is 3.75. The third-order valence-corrected chi connectivity index (χ3v) is 2.45. The molecule has 16 heavy (non-hydrogen) atoms. The first-order valence-corrected chi connectivity index (χ1v) is 5.56. The van der Waals surface area contributed by atoms with Gasteiger partial charge in [0.1, 0.15) is 12.2 Å². The van der Waals surface area contributed by atoms with Crippen LogP contribution in [0.4, 0.5) is 0 Å². The molecule has 0 fully saturated rings. The van der Waals surface area contributed by atoms with E-state index < -0.39 is 0 Å². The fourth-order valence-corrected chi connectivity index (χ4v) is 1.62. The van der Waals surface area contributed by atoms with E-state index in [-0.39, 0.29) is 6.04 Å². The summed E-state index contributed by atoms with van der Waals surface area (Å²) in [4.78, 5) is 16.8. The molecule has 2 rings (SSSR count). The second-order valence-corrected chi connectivity index (χ2v) is 3.75. The van der Waals surface area contributed by atoms with E-state index in [9.17, 15) is 0 Å². The van der Waals surface area contributed by atoms with Crippen molar-refractivity contribution in [3.63, 3.8) is 0 Å². The van der Waals surface area contributed by atoms with E-state index in [0.717, 1.165) is 18.8 Å². The Kier molecular flexibility index (Phi) is 3.28. The Morgan fingerprint density at radius 1 is 1.50 bits per heavy atom. The maximum Gasteiger partial charge on any atom is 0.195 e. The van der Waals surface area contributed by atoms with Crippen LogP contribution in [0.25, 0.3) is 0 Å². The predicted octanol–water partition coefficient (Wildman–Crippen LogP) is 0.302. The van der Waals surface area contributed by atoms with Crippen LogP contribution in [-0.2, 0) is 0 Å². The van der Waals surface area contributed by atoms with Crippen LogP contribution in [0.3, 0.4) is 0 Å². The fourth-order valence-electron chi connectivity index (χ4n) is 1.62. The first kappa shape index (κ1) is 10.8. The van der Waals surface area contributed by atoms with Crippen molar-refractivity contribution < 1.29 is 0 Å². The summed E-state index contributed by atoms with van der Waals surface area (Å²) in [6.07, 6.45) is 4.96. The van der Waals surface area contributed by atoms with E-state index in [0.29, 0.717) is 11.8 Å². The summed E-state index contributed by atoms with van der Waals surface area (Å²) in [7, 11) is 0. The maximum atomic E-state index is 5.58. The van der Waals surface area contributed by atoms with Gasteiger partial charge in [0, 0.05) is 6.54 Å². The van der Waals surface area contributed by atoms with Gasteiger partial charge in [0.15, 0.2) is 17.8 Å². The summed E-state index contributed by atoms with van der Waals surface area (Å²) in [5.74, 6) is 1.81. The molecule has 0 spiro atoms. The number of nitrogens with one attached hydrogen (secondary N) is 1. The van der Waals surface area contributed by atoms with Crippen molar-refractivity contribution in [1.82, 2.24) is 5.32 Å². The van der Waals surface area contributed by atoms with Gasteiger partial charge in [-0.05, 0) is 6.42 Å². The fraction of sp³-hybridized carbons (Fsp3) is 0.600. The lowest BCUT2D eigenvalue weighted by Gasteiger charge is -2.10. The zero-order valence-corrected chi connectivity index (χ0v) is 9.35. The highest BCUT2D eigenvalue weighted by molar-refractivity contribution is 6.23. The van der Waals surface area contributed by atoms with E-state index in [1.807, 2.05) is 0 Å². The monoisotopic (exact) mass is 220 g/mol. The molecule has 2 aliphatic rings. The van der Waals surface area contributed by atoms with Gasteiger partial charge < -0.3 is 11.1 Å². The van der Waals surface area contributed by atoms with Crippen molar-refractivity contribution in [2.45, 2.75) is 32.2 Å². The molecule has 0 aliphatic carbocycles. The summed E-state index contributed by atoms with van der Waals surface area (Å²) in [5, 5.41) is 2.89. The van der Waals surface area contributed by atoms with Crippen molar-refractivity contribution in [2.75, 3.05) is 6.54 Å². The number of nitrogens with zero attached hydrogens (tertiary/aromatic N) is 4. The zero-order chi connectivity index (χ0) is 11.4. The van der Waals surface area contributed by atoms with Gasteiger partial charge >= 0.3 is 0 Å². The Morgan fingerprint density at radius 2 is 2.38 bits per heavy atom. The molecule has 0 saturated heterocycles. The molecule has 6 nitrogen and oxygen atoms in total. The number of amidine groups is 2. The summed E-state index contributed by atoms with van der Waals surface area (Å²) in [5.41, 5.74) is 5.58. The van der Waals surface area contributed by atoms with Gasteiger partial charge in [-0.25, -0.2) is 15.0 Å². The summed E-state index contributed by atoms with van der Waals surface area (Å²) < 4.78 is 0. The summed E-state index contributed by atoms with van der Waals surface area (Å²) in [6, 6.07) is -0.216. The number of hydrogen-bond acceptors (Lipinski definition) is 5. The predicted molar refractivity (Wildman–Crippen MR) is 66.3 cm³/mol. The Morgan fingerprint density at radius 3 is 3.19 bits per heavy atom. The average molecular weight is 220 g/mol. The van der Waals surface area contributed by atoms with Gasteiger partial charge in [-0.3, -0.25) is 4.99 Å². The number of nitrogens with two attached hydrogens (primary N) is 1. The first-order valence-electron chi connectivity index (χ1n) is 5.56. The Labute approximate surface area is 94.5 Å². The van der Waals surface area contributed by atoms with Crippen LogP contribution in [0.2, 0.25) is 0 Å².